The first-order valence-electron chi connectivity index (χ1n) is 8.28. The Labute approximate surface area is 146 Å². The van der Waals surface area contributed by atoms with Crippen LogP contribution in [0.25, 0.3) is 10.9 Å². The first-order valence-corrected chi connectivity index (χ1v) is 8.28. The minimum atomic E-state index is -0.143. The van der Waals surface area contributed by atoms with Crippen LogP contribution >= 0.6 is 0 Å². The Morgan fingerprint density at radius 1 is 0.920 bits per heavy atom. The Bertz CT molecular complexity index is 884. The molecule has 25 heavy (non-hydrogen) atoms. The van der Waals surface area contributed by atoms with Gasteiger partial charge in [0.2, 0.25) is 5.91 Å². The van der Waals surface area contributed by atoms with Crippen LogP contribution in [-0.4, -0.2) is 29.5 Å². The molecule has 0 bridgehead atoms. The Balaban J connectivity index is 1.47. The molecule has 0 aliphatic carbocycles. The van der Waals surface area contributed by atoms with E-state index >= 15 is 0 Å². The van der Waals surface area contributed by atoms with Crippen LogP contribution in [0.5, 0.6) is 0 Å². The summed E-state index contributed by atoms with van der Waals surface area (Å²) in [7, 11) is 1.87. The zero-order valence-corrected chi connectivity index (χ0v) is 14.2. The number of carbonyl (C=O) groups is 2. The number of nitrogens with zero attached hydrogens (tertiary/aromatic N) is 1. The van der Waals surface area contributed by atoms with E-state index in [1.54, 1.807) is 0 Å². The van der Waals surface area contributed by atoms with E-state index < -0.39 is 0 Å². The van der Waals surface area contributed by atoms with E-state index in [1.165, 1.54) is 0 Å². The summed E-state index contributed by atoms with van der Waals surface area (Å²) >= 11 is 0. The number of amides is 2. The van der Waals surface area contributed by atoms with Gasteiger partial charge in [0.05, 0.1) is 6.42 Å². The minimum Gasteiger partial charge on any atom is -0.354 e. The molecule has 5 nitrogen and oxygen atoms in total. The average molecular weight is 335 g/mol. The summed E-state index contributed by atoms with van der Waals surface area (Å²) < 4.78 is 1.87. The maximum atomic E-state index is 12.3. The second-order valence-electron chi connectivity index (χ2n) is 5.92. The number of hydrogen-bond acceptors (Lipinski definition) is 2. The maximum Gasteiger partial charge on any atom is 0.267 e. The van der Waals surface area contributed by atoms with Crippen molar-refractivity contribution in [3.05, 3.63) is 71.9 Å². The quantitative estimate of drug-likeness (QED) is 0.679. The number of fused-ring (bicyclic) bond motifs is 1. The normalized spacial score (nSPS) is 10.6. The van der Waals surface area contributed by atoms with Crippen molar-refractivity contribution in [2.24, 2.45) is 7.05 Å². The number of benzene rings is 2. The van der Waals surface area contributed by atoms with Crippen LogP contribution in [0.2, 0.25) is 0 Å². The van der Waals surface area contributed by atoms with Crippen LogP contribution in [0.3, 0.4) is 0 Å². The highest BCUT2D eigenvalue weighted by Crippen LogP contribution is 2.17. The highest BCUT2D eigenvalue weighted by atomic mass is 16.2. The lowest BCUT2D eigenvalue weighted by atomic mass is 10.1. The van der Waals surface area contributed by atoms with Gasteiger partial charge in [0.25, 0.3) is 5.91 Å². The fourth-order valence-electron chi connectivity index (χ4n) is 2.82. The summed E-state index contributed by atoms with van der Waals surface area (Å²) in [5.74, 6) is -0.193. The molecule has 2 amide bonds. The third-order valence-corrected chi connectivity index (χ3v) is 4.12. The van der Waals surface area contributed by atoms with Crippen molar-refractivity contribution >= 4 is 22.7 Å². The number of nitrogens with one attached hydrogen (secondary N) is 2. The summed E-state index contributed by atoms with van der Waals surface area (Å²) in [5, 5.41) is 6.70. The lowest BCUT2D eigenvalue weighted by Gasteiger charge is -2.08. The van der Waals surface area contributed by atoms with Gasteiger partial charge in [-0.15, -0.1) is 0 Å². The predicted octanol–water partition coefficient (Wildman–Crippen LogP) is 2.27. The first-order chi connectivity index (χ1) is 12.1. The molecule has 0 atom stereocenters. The molecule has 0 saturated carbocycles. The van der Waals surface area contributed by atoms with Crippen molar-refractivity contribution in [2.45, 2.75) is 6.42 Å². The van der Waals surface area contributed by atoms with Gasteiger partial charge < -0.3 is 15.2 Å². The lowest BCUT2D eigenvalue weighted by Crippen LogP contribution is -2.35. The Morgan fingerprint density at radius 2 is 1.60 bits per heavy atom. The molecule has 3 rings (SSSR count). The molecule has 3 aromatic rings. The Kier molecular flexibility index (Phi) is 5.14. The zero-order chi connectivity index (χ0) is 17.6. The molecule has 1 aromatic heterocycles. The molecule has 5 heteroatoms. The number of para-hydroxylation sites is 1. The monoisotopic (exact) mass is 335 g/mol. The highest BCUT2D eigenvalue weighted by molar-refractivity contribution is 5.98. The molecule has 128 valence electrons. The van der Waals surface area contributed by atoms with E-state index in [9.17, 15) is 9.59 Å². The molecule has 0 saturated heterocycles. The summed E-state index contributed by atoms with van der Waals surface area (Å²) in [6.45, 7) is 0.794. The van der Waals surface area contributed by atoms with Gasteiger partial charge in [-0.2, -0.15) is 0 Å². The molecule has 0 spiro atoms. The van der Waals surface area contributed by atoms with E-state index in [-0.39, 0.29) is 11.8 Å². The molecule has 1 heterocycles. The van der Waals surface area contributed by atoms with Crippen LogP contribution in [0.4, 0.5) is 0 Å². The van der Waals surface area contributed by atoms with Crippen molar-refractivity contribution < 1.29 is 9.59 Å². The second-order valence-corrected chi connectivity index (χ2v) is 5.92. The SMILES string of the molecule is Cn1c(C(=O)NCCNC(=O)Cc2ccccc2)cc2ccccc21. The number of aryl methyl sites for hydroxylation is 1. The second kappa shape index (κ2) is 7.66. The Morgan fingerprint density at radius 3 is 2.36 bits per heavy atom. The summed E-state index contributed by atoms with van der Waals surface area (Å²) in [4.78, 5) is 24.2. The van der Waals surface area contributed by atoms with Gasteiger partial charge in [0, 0.05) is 31.0 Å². The summed E-state index contributed by atoms with van der Waals surface area (Å²) in [5.41, 5.74) is 2.60. The zero-order valence-electron chi connectivity index (χ0n) is 14.2. The molecule has 0 unspecified atom stereocenters. The molecular formula is C20H21N3O2. The topological polar surface area (TPSA) is 63.1 Å². The molecule has 0 aliphatic heterocycles. The van der Waals surface area contributed by atoms with Crippen LogP contribution < -0.4 is 10.6 Å². The molecule has 2 aromatic carbocycles. The van der Waals surface area contributed by atoms with Gasteiger partial charge in [-0.1, -0.05) is 48.5 Å². The largest absolute Gasteiger partial charge is 0.354 e. The molecule has 0 radical (unpaired) electrons. The van der Waals surface area contributed by atoms with Crippen LogP contribution in [0.15, 0.2) is 60.7 Å². The third kappa shape index (κ3) is 4.07. The van der Waals surface area contributed by atoms with Crippen molar-refractivity contribution in [1.29, 1.82) is 0 Å². The van der Waals surface area contributed by atoms with E-state index in [0.717, 1.165) is 16.5 Å². The molecule has 0 aliphatic rings. The fraction of sp³-hybridized carbons (Fsp3) is 0.200. The number of carbonyl (C=O) groups excluding carboxylic acids is 2. The van der Waals surface area contributed by atoms with Gasteiger partial charge in [0.1, 0.15) is 5.69 Å². The predicted molar refractivity (Wildman–Crippen MR) is 98.4 cm³/mol. The Hall–Kier alpha value is -3.08. The smallest absolute Gasteiger partial charge is 0.267 e. The van der Waals surface area contributed by atoms with Crippen molar-refractivity contribution in [2.75, 3.05) is 13.1 Å². The number of aromatic nitrogens is 1. The van der Waals surface area contributed by atoms with Gasteiger partial charge >= 0.3 is 0 Å². The van der Waals surface area contributed by atoms with Crippen LogP contribution in [-0.2, 0) is 18.3 Å². The standard InChI is InChI=1S/C20H21N3O2/c1-23-17-10-6-5-9-16(17)14-18(23)20(25)22-12-11-21-19(24)13-15-7-3-2-4-8-15/h2-10,14H,11-13H2,1H3,(H,21,24)(H,22,25). The number of rotatable bonds is 6. The van der Waals surface area contributed by atoms with Crippen LogP contribution in [0, 0.1) is 0 Å². The van der Waals surface area contributed by atoms with Crippen LogP contribution in [0.1, 0.15) is 16.1 Å². The van der Waals surface area contributed by atoms with E-state index in [2.05, 4.69) is 10.6 Å². The average Bonchev–Trinajstić information content (AvgIpc) is 2.97. The van der Waals surface area contributed by atoms with E-state index in [1.807, 2.05) is 72.3 Å². The van der Waals surface area contributed by atoms with Gasteiger partial charge in [-0.25, -0.2) is 0 Å². The molecular weight excluding hydrogens is 314 g/mol. The maximum absolute atomic E-state index is 12.3. The van der Waals surface area contributed by atoms with E-state index in [4.69, 9.17) is 0 Å². The third-order valence-electron chi connectivity index (χ3n) is 4.12. The van der Waals surface area contributed by atoms with Crippen molar-refractivity contribution in [1.82, 2.24) is 15.2 Å². The van der Waals surface area contributed by atoms with Gasteiger partial charge in [-0.3, -0.25) is 9.59 Å². The van der Waals surface area contributed by atoms with Gasteiger partial charge in [0.15, 0.2) is 0 Å². The summed E-state index contributed by atoms with van der Waals surface area (Å²) in [6, 6.07) is 19.3. The van der Waals surface area contributed by atoms with Crippen molar-refractivity contribution in [3.63, 3.8) is 0 Å². The lowest BCUT2D eigenvalue weighted by molar-refractivity contribution is -0.120. The molecule has 0 fully saturated rings. The first kappa shape index (κ1) is 16.8. The molecule has 2 N–H and O–H groups in total. The highest BCUT2D eigenvalue weighted by Gasteiger charge is 2.12. The van der Waals surface area contributed by atoms with E-state index in [0.29, 0.717) is 25.2 Å². The fourth-order valence-corrected chi connectivity index (χ4v) is 2.82. The minimum absolute atomic E-state index is 0.0509. The summed E-state index contributed by atoms with van der Waals surface area (Å²) in [6.07, 6.45) is 0.345. The van der Waals surface area contributed by atoms with Gasteiger partial charge in [-0.05, 0) is 17.7 Å². The van der Waals surface area contributed by atoms with Crippen molar-refractivity contribution in [3.8, 4) is 0 Å². The number of hydrogen-bond donors (Lipinski definition) is 2.